The normalized spacial score (nSPS) is 11.5. The van der Waals surface area contributed by atoms with Crippen LogP contribution in [0.4, 0.5) is 0 Å². The zero-order valence-corrected chi connectivity index (χ0v) is 38.4. The molecule has 0 saturated carbocycles. The summed E-state index contributed by atoms with van der Waals surface area (Å²) in [5, 5.41) is 6.69. The van der Waals surface area contributed by atoms with E-state index in [0.717, 1.165) is 150 Å². The Bertz CT molecular complexity index is 1700. The third-order valence-corrected chi connectivity index (χ3v) is 11.4. The Hall–Kier alpha value is -3.54. The Morgan fingerprint density at radius 3 is 0.542 bits per heavy atom. The van der Waals surface area contributed by atoms with Gasteiger partial charge in [0.15, 0.2) is 34.5 Å². The first-order valence-electron chi connectivity index (χ1n) is 24.4. The largest absolute Gasteiger partial charge is 0.490 e. The monoisotopic (exact) mass is 815 g/mol. The quantitative estimate of drug-likeness (QED) is 0.0341. The molecule has 0 atom stereocenters. The topological polar surface area (TPSA) is 55.4 Å². The standard InChI is InChI=1S/C53H82O6/c1-7-13-19-25-31-55-49-37-43-42(36-48(49)54-30-24-18-12-6)44-38-50(56-32-26-20-14-8-2)52(58-34-28-22-16-10-4)40-46(44)47-41-53(59-35-29-23-17-11-5)51(39-45(43)47)57-33-27-21-15-9-3/h36-41H,7-35H2,1-6H3. The molecule has 0 spiro atoms. The molecule has 0 aliphatic heterocycles. The van der Waals surface area contributed by atoms with Gasteiger partial charge in [0, 0.05) is 0 Å². The molecule has 0 saturated heterocycles. The molecule has 4 rings (SSSR count). The fourth-order valence-electron chi connectivity index (χ4n) is 7.78. The van der Waals surface area contributed by atoms with Gasteiger partial charge in [0.1, 0.15) is 0 Å². The first kappa shape index (κ1) is 48.1. The number of fused-ring (bicyclic) bond motifs is 6. The van der Waals surface area contributed by atoms with Crippen LogP contribution in [0.25, 0.3) is 32.3 Å². The van der Waals surface area contributed by atoms with Gasteiger partial charge in [-0.1, -0.05) is 151 Å². The van der Waals surface area contributed by atoms with Crippen molar-refractivity contribution in [3.63, 3.8) is 0 Å². The fraction of sp³-hybridized carbons (Fsp3) is 0.660. The van der Waals surface area contributed by atoms with Crippen LogP contribution in [0.15, 0.2) is 36.4 Å². The predicted molar refractivity (Wildman–Crippen MR) is 252 cm³/mol. The highest BCUT2D eigenvalue weighted by Gasteiger charge is 2.21. The number of unbranched alkanes of at least 4 members (excludes halogenated alkanes) is 17. The van der Waals surface area contributed by atoms with Crippen molar-refractivity contribution in [3.05, 3.63) is 36.4 Å². The van der Waals surface area contributed by atoms with Gasteiger partial charge in [-0.2, -0.15) is 0 Å². The molecular formula is C53H82O6. The summed E-state index contributed by atoms with van der Waals surface area (Å²) in [6, 6.07) is 13.4. The minimum atomic E-state index is 0.661. The second kappa shape index (κ2) is 28.8. The smallest absolute Gasteiger partial charge is 0.161 e. The molecule has 6 nitrogen and oxygen atoms in total. The van der Waals surface area contributed by atoms with Crippen molar-refractivity contribution < 1.29 is 28.4 Å². The molecule has 0 aliphatic carbocycles. The number of rotatable bonds is 35. The maximum absolute atomic E-state index is 6.64. The molecule has 0 N–H and O–H groups in total. The van der Waals surface area contributed by atoms with Gasteiger partial charge in [0.2, 0.25) is 0 Å². The third kappa shape index (κ3) is 15.8. The highest BCUT2D eigenvalue weighted by atomic mass is 16.5. The zero-order chi connectivity index (χ0) is 41.9. The first-order chi connectivity index (χ1) is 29.1. The van der Waals surface area contributed by atoms with Gasteiger partial charge < -0.3 is 28.4 Å². The van der Waals surface area contributed by atoms with Crippen molar-refractivity contribution in [1.29, 1.82) is 0 Å². The average Bonchev–Trinajstić information content (AvgIpc) is 3.25. The SMILES string of the molecule is CCCCCCOc1cc2c(cc1OCCCCC)c1cc(OCCCCCC)c(OCCCCCC)cc1c1cc(OCCCCCC)c(OCCCCCC)cc21. The summed E-state index contributed by atoms with van der Waals surface area (Å²) in [4.78, 5) is 0. The highest BCUT2D eigenvalue weighted by Crippen LogP contribution is 2.47. The van der Waals surface area contributed by atoms with E-state index < -0.39 is 0 Å². The summed E-state index contributed by atoms with van der Waals surface area (Å²) in [6.07, 6.45) is 26.3. The Morgan fingerprint density at radius 1 is 0.220 bits per heavy atom. The van der Waals surface area contributed by atoms with Crippen molar-refractivity contribution in [2.24, 2.45) is 0 Å². The van der Waals surface area contributed by atoms with Crippen LogP contribution in [0.5, 0.6) is 34.5 Å². The number of hydrogen-bond acceptors (Lipinski definition) is 6. The van der Waals surface area contributed by atoms with Gasteiger partial charge in [-0.25, -0.2) is 0 Å². The van der Waals surface area contributed by atoms with Gasteiger partial charge in [-0.05, 0) is 107 Å². The summed E-state index contributed by atoms with van der Waals surface area (Å²) in [6.45, 7) is 17.5. The summed E-state index contributed by atoms with van der Waals surface area (Å²) in [7, 11) is 0. The molecule has 4 aromatic rings. The minimum absolute atomic E-state index is 0.661. The first-order valence-corrected chi connectivity index (χ1v) is 24.4. The molecule has 0 fully saturated rings. The summed E-state index contributed by atoms with van der Waals surface area (Å²) < 4.78 is 39.8. The van der Waals surface area contributed by atoms with E-state index in [9.17, 15) is 0 Å². The van der Waals surface area contributed by atoms with E-state index in [-0.39, 0.29) is 0 Å². The lowest BCUT2D eigenvalue weighted by atomic mass is 9.93. The van der Waals surface area contributed by atoms with Crippen LogP contribution in [0.2, 0.25) is 0 Å². The second-order valence-corrected chi connectivity index (χ2v) is 16.6. The van der Waals surface area contributed by atoms with Crippen molar-refractivity contribution in [2.45, 2.75) is 189 Å². The molecule has 0 radical (unpaired) electrons. The maximum Gasteiger partial charge on any atom is 0.161 e. The maximum atomic E-state index is 6.64. The predicted octanol–water partition coefficient (Wildman–Crippen LogP) is 16.5. The van der Waals surface area contributed by atoms with Crippen LogP contribution in [0, 0.1) is 0 Å². The van der Waals surface area contributed by atoms with E-state index in [1.807, 2.05) is 0 Å². The lowest BCUT2D eigenvalue weighted by Crippen LogP contribution is -2.05. The van der Waals surface area contributed by atoms with Crippen molar-refractivity contribution in [2.75, 3.05) is 39.6 Å². The molecule has 6 heteroatoms. The van der Waals surface area contributed by atoms with Gasteiger partial charge >= 0.3 is 0 Å². The third-order valence-electron chi connectivity index (χ3n) is 11.4. The van der Waals surface area contributed by atoms with E-state index in [0.29, 0.717) is 39.6 Å². The Kier molecular flexibility index (Phi) is 23.5. The Balaban J connectivity index is 1.96. The number of benzene rings is 4. The minimum Gasteiger partial charge on any atom is -0.490 e. The van der Waals surface area contributed by atoms with Gasteiger partial charge in [-0.15, -0.1) is 0 Å². The number of hydrogen-bond donors (Lipinski definition) is 0. The summed E-state index contributed by atoms with van der Waals surface area (Å²) in [5.74, 6) is 4.86. The van der Waals surface area contributed by atoms with E-state index >= 15 is 0 Å². The van der Waals surface area contributed by atoms with Crippen molar-refractivity contribution >= 4 is 32.3 Å². The van der Waals surface area contributed by atoms with Crippen LogP contribution < -0.4 is 28.4 Å². The molecule has 0 bridgehead atoms. The number of ether oxygens (including phenoxy) is 6. The van der Waals surface area contributed by atoms with Gasteiger partial charge in [-0.3, -0.25) is 0 Å². The van der Waals surface area contributed by atoms with Crippen LogP contribution in [-0.4, -0.2) is 39.6 Å². The van der Waals surface area contributed by atoms with Gasteiger partial charge in [0.25, 0.3) is 0 Å². The lowest BCUT2D eigenvalue weighted by Gasteiger charge is -2.21. The van der Waals surface area contributed by atoms with Crippen LogP contribution in [0.3, 0.4) is 0 Å². The molecule has 4 aromatic carbocycles. The second-order valence-electron chi connectivity index (χ2n) is 16.6. The molecular weight excluding hydrogens is 733 g/mol. The van der Waals surface area contributed by atoms with E-state index in [4.69, 9.17) is 28.4 Å². The molecule has 0 heterocycles. The molecule has 0 unspecified atom stereocenters. The summed E-state index contributed by atoms with van der Waals surface area (Å²) >= 11 is 0. The molecule has 0 amide bonds. The lowest BCUT2D eigenvalue weighted by molar-refractivity contribution is 0.259. The fourth-order valence-corrected chi connectivity index (χ4v) is 7.78. The molecule has 330 valence electrons. The van der Waals surface area contributed by atoms with Crippen LogP contribution in [-0.2, 0) is 0 Å². The van der Waals surface area contributed by atoms with Crippen molar-refractivity contribution in [1.82, 2.24) is 0 Å². The molecule has 0 aliphatic rings. The van der Waals surface area contributed by atoms with E-state index in [1.54, 1.807) is 0 Å². The molecule has 59 heavy (non-hydrogen) atoms. The summed E-state index contributed by atoms with van der Waals surface area (Å²) in [5.41, 5.74) is 0. The van der Waals surface area contributed by atoms with E-state index in [2.05, 4.69) is 77.9 Å². The zero-order valence-electron chi connectivity index (χ0n) is 38.4. The average molecular weight is 815 g/mol. The van der Waals surface area contributed by atoms with Crippen LogP contribution >= 0.6 is 0 Å². The van der Waals surface area contributed by atoms with Crippen LogP contribution in [0.1, 0.15) is 189 Å². The highest BCUT2D eigenvalue weighted by molar-refractivity contribution is 6.26. The van der Waals surface area contributed by atoms with Crippen molar-refractivity contribution in [3.8, 4) is 34.5 Å². The molecule has 0 aromatic heterocycles. The Morgan fingerprint density at radius 2 is 0.373 bits per heavy atom. The van der Waals surface area contributed by atoms with Gasteiger partial charge in [0.05, 0.1) is 39.6 Å². The van der Waals surface area contributed by atoms with E-state index in [1.165, 1.54) is 64.2 Å². The Labute approximate surface area is 359 Å².